The van der Waals surface area contributed by atoms with Gasteiger partial charge in [-0.2, -0.15) is 0 Å². The first-order valence-electron chi connectivity index (χ1n) is 5.08. The monoisotopic (exact) mass is 211 g/mol. The Morgan fingerprint density at radius 3 is 2.67 bits per heavy atom. The van der Waals surface area contributed by atoms with Crippen LogP contribution in [-0.2, 0) is 6.54 Å². The number of hydrogen-bond acceptors (Lipinski definition) is 3. The molecule has 0 bridgehead atoms. The molecule has 5 nitrogen and oxygen atoms in total. The summed E-state index contributed by atoms with van der Waals surface area (Å²) in [5, 5.41) is 5.42. The second-order valence-electron chi connectivity index (χ2n) is 3.35. The molecule has 0 spiro atoms. The zero-order valence-electron chi connectivity index (χ0n) is 9.39. The van der Waals surface area contributed by atoms with Gasteiger partial charge in [-0.05, 0) is 13.3 Å². The Balaban J connectivity index is 2.36. The summed E-state index contributed by atoms with van der Waals surface area (Å²) in [5.74, 6) is 1.33. The maximum atomic E-state index is 11.2. The normalized spacial score (nSPS) is 10.1. The van der Waals surface area contributed by atoms with Gasteiger partial charge in [0.1, 0.15) is 5.76 Å². The smallest absolute Gasteiger partial charge is 0.315 e. The number of carbonyl (C=O) groups excluding carboxylic acids is 1. The number of nitrogens with zero attached hydrogens (tertiary/aromatic N) is 1. The van der Waals surface area contributed by atoms with E-state index < -0.39 is 0 Å². The zero-order valence-corrected chi connectivity index (χ0v) is 9.39. The highest BCUT2D eigenvalue weighted by Gasteiger charge is 2.07. The summed E-state index contributed by atoms with van der Waals surface area (Å²) in [5.41, 5.74) is 0.822. The molecule has 0 saturated carbocycles. The fraction of sp³-hybridized carbons (Fsp3) is 0.600. The Kier molecular flexibility index (Phi) is 4.15. The molecule has 0 aliphatic carbocycles. The molecule has 1 aromatic rings. The summed E-state index contributed by atoms with van der Waals surface area (Å²) >= 11 is 0. The molecular formula is C10H17N3O2. The molecule has 2 N–H and O–H groups in total. The van der Waals surface area contributed by atoms with E-state index in [9.17, 15) is 4.79 Å². The predicted molar refractivity (Wildman–Crippen MR) is 56.5 cm³/mol. The van der Waals surface area contributed by atoms with E-state index in [-0.39, 0.29) is 6.03 Å². The van der Waals surface area contributed by atoms with Crippen LogP contribution in [0.4, 0.5) is 4.79 Å². The van der Waals surface area contributed by atoms with E-state index in [1.807, 2.05) is 13.8 Å². The molecule has 1 heterocycles. The van der Waals surface area contributed by atoms with Crippen molar-refractivity contribution in [3.8, 4) is 0 Å². The van der Waals surface area contributed by atoms with Crippen LogP contribution in [0.15, 0.2) is 4.42 Å². The minimum atomic E-state index is -0.176. The largest absolute Gasteiger partial charge is 0.444 e. The van der Waals surface area contributed by atoms with Crippen molar-refractivity contribution < 1.29 is 9.21 Å². The van der Waals surface area contributed by atoms with E-state index in [1.165, 1.54) is 0 Å². The molecule has 0 unspecified atom stereocenters. The van der Waals surface area contributed by atoms with Crippen LogP contribution in [0, 0.1) is 13.8 Å². The van der Waals surface area contributed by atoms with Crippen molar-refractivity contribution in [3.05, 3.63) is 17.3 Å². The molecule has 0 aliphatic rings. The number of amides is 2. The average molecular weight is 211 g/mol. The van der Waals surface area contributed by atoms with E-state index in [2.05, 4.69) is 15.6 Å². The Bertz CT molecular complexity index is 333. The van der Waals surface area contributed by atoms with Gasteiger partial charge >= 0.3 is 6.03 Å². The van der Waals surface area contributed by atoms with Crippen LogP contribution in [0.5, 0.6) is 0 Å². The van der Waals surface area contributed by atoms with Crippen molar-refractivity contribution in [3.63, 3.8) is 0 Å². The number of hydrogen-bond donors (Lipinski definition) is 2. The first kappa shape index (κ1) is 11.6. The lowest BCUT2D eigenvalue weighted by Crippen LogP contribution is -2.35. The molecule has 5 heteroatoms. The van der Waals surface area contributed by atoms with Gasteiger partial charge in [0.15, 0.2) is 5.89 Å². The lowest BCUT2D eigenvalue weighted by atomic mass is 10.4. The number of aromatic nitrogens is 1. The van der Waals surface area contributed by atoms with Crippen molar-refractivity contribution in [2.75, 3.05) is 6.54 Å². The van der Waals surface area contributed by atoms with E-state index in [0.29, 0.717) is 24.7 Å². The van der Waals surface area contributed by atoms with E-state index in [4.69, 9.17) is 4.42 Å². The molecule has 15 heavy (non-hydrogen) atoms. The fourth-order valence-electron chi connectivity index (χ4n) is 1.20. The highest BCUT2D eigenvalue weighted by atomic mass is 16.4. The van der Waals surface area contributed by atoms with Gasteiger partial charge in [-0.25, -0.2) is 9.78 Å². The molecule has 84 valence electrons. The van der Waals surface area contributed by atoms with Crippen LogP contribution in [0.2, 0.25) is 0 Å². The van der Waals surface area contributed by atoms with Gasteiger partial charge in [-0.15, -0.1) is 0 Å². The van der Waals surface area contributed by atoms with Crippen molar-refractivity contribution in [1.82, 2.24) is 15.6 Å². The highest BCUT2D eigenvalue weighted by Crippen LogP contribution is 2.08. The first-order valence-corrected chi connectivity index (χ1v) is 5.08. The Morgan fingerprint density at radius 2 is 2.13 bits per heavy atom. The summed E-state index contributed by atoms with van der Waals surface area (Å²) in [6.45, 7) is 6.71. The number of rotatable bonds is 4. The molecule has 0 aromatic carbocycles. The van der Waals surface area contributed by atoms with Gasteiger partial charge in [0.2, 0.25) is 0 Å². The third kappa shape index (κ3) is 3.61. The number of oxazole rings is 1. The molecule has 0 radical (unpaired) electrons. The molecule has 0 fully saturated rings. The van der Waals surface area contributed by atoms with Crippen molar-refractivity contribution in [1.29, 1.82) is 0 Å². The minimum absolute atomic E-state index is 0.176. The lowest BCUT2D eigenvalue weighted by Gasteiger charge is -2.04. The van der Waals surface area contributed by atoms with Crippen molar-refractivity contribution in [2.24, 2.45) is 0 Å². The third-order valence-electron chi connectivity index (χ3n) is 1.94. The fourth-order valence-corrected chi connectivity index (χ4v) is 1.20. The van der Waals surface area contributed by atoms with Gasteiger partial charge in [0, 0.05) is 13.5 Å². The summed E-state index contributed by atoms with van der Waals surface area (Å²) in [6.07, 6.45) is 0.924. The van der Waals surface area contributed by atoms with Gasteiger partial charge < -0.3 is 15.1 Å². The first-order chi connectivity index (χ1) is 7.13. The van der Waals surface area contributed by atoms with Crippen LogP contribution < -0.4 is 10.6 Å². The average Bonchev–Trinajstić information content (AvgIpc) is 2.51. The maximum Gasteiger partial charge on any atom is 0.315 e. The van der Waals surface area contributed by atoms with Crippen LogP contribution in [0.3, 0.4) is 0 Å². The van der Waals surface area contributed by atoms with Gasteiger partial charge in [-0.3, -0.25) is 0 Å². The van der Waals surface area contributed by atoms with Gasteiger partial charge in [-0.1, -0.05) is 6.92 Å². The number of carbonyl (C=O) groups is 1. The summed E-state index contributed by atoms with van der Waals surface area (Å²) < 4.78 is 5.32. The van der Waals surface area contributed by atoms with Crippen LogP contribution in [-0.4, -0.2) is 17.6 Å². The summed E-state index contributed by atoms with van der Waals surface area (Å²) in [6, 6.07) is -0.176. The molecule has 1 aromatic heterocycles. The van der Waals surface area contributed by atoms with Crippen molar-refractivity contribution >= 4 is 6.03 Å². The second kappa shape index (κ2) is 5.38. The topological polar surface area (TPSA) is 67.2 Å². The van der Waals surface area contributed by atoms with Crippen LogP contribution in [0.25, 0.3) is 0 Å². The quantitative estimate of drug-likeness (QED) is 0.793. The van der Waals surface area contributed by atoms with E-state index in [1.54, 1.807) is 6.92 Å². The van der Waals surface area contributed by atoms with E-state index >= 15 is 0 Å². The second-order valence-corrected chi connectivity index (χ2v) is 3.35. The van der Waals surface area contributed by atoms with Gasteiger partial charge in [0.05, 0.1) is 12.2 Å². The number of urea groups is 1. The molecule has 0 atom stereocenters. The number of aryl methyl sites for hydroxylation is 2. The predicted octanol–water partition coefficient (Wildman–Crippen LogP) is 1.50. The Morgan fingerprint density at radius 1 is 1.40 bits per heavy atom. The number of nitrogens with one attached hydrogen (secondary N) is 2. The molecule has 0 aliphatic heterocycles. The summed E-state index contributed by atoms with van der Waals surface area (Å²) in [4.78, 5) is 15.3. The third-order valence-corrected chi connectivity index (χ3v) is 1.94. The van der Waals surface area contributed by atoms with Crippen LogP contribution in [0.1, 0.15) is 30.7 Å². The summed E-state index contributed by atoms with van der Waals surface area (Å²) in [7, 11) is 0. The zero-order chi connectivity index (χ0) is 11.3. The molecule has 2 amide bonds. The maximum absolute atomic E-state index is 11.2. The van der Waals surface area contributed by atoms with Gasteiger partial charge in [0.25, 0.3) is 0 Å². The molecule has 0 saturated heterocycles. The minimum Gasteiger partial charge on any atom is -0.444 e. The molecular weight excluding hydrogens is 194 g/mol. The molecule has 1 rings (SSSR count). The van der Waals surface area contributed by atoms with Crippen LogP contribution >= 0.6 is 0 Å². The standard InChI is InChI=1S/C10H17N3O2/c1-4-5-11-10(14)12-6-9-7(2)13-8(3)15-9/h4-6H2,1-3H3,(H2,11,12,14). The Labute approximate surface area is 89.3 Å². The Hall–Kier alpha value is -1.52. The lowest BCUT2D eigenvalue weighted by molar-refractivity contribution is 0.239. The SMILES string of the molecule is CCCNC(=O)NCc1oc(C)nc1C. The van der Waals surface area contributed by atoms with E-state index in [0.717, 1.165) is 12.1 Å². The highest BCUT2D eigenvalue weighted by molar-refractivity contribution is 5.73. The van der Waals surface area contributed by atoms with Crippen molar-refractivity contribution in [2.45, 2.75) is 33.7 Å².